The topological polar surface area (TPSA) is 3.88 Å². The van der Waals surface area contributed by atoms with E-state index < -0.39 is 0 Å². The summed E-state index contributed by atoms with van der Waals surface area (Å²) < 4.78 is 2.26. The zero-order chi connectivity index (χ0) is 16.6. The van der Waals surface area contributed by atoms with Crippen LogP contribution in [-0.4, -0.2) is 0 Å². The zero-order valence-corrected chi connectivity index (χ0v) is 15.3. The first-order valence-corrected chi connectivity index (χ1v) is 8.97. The first kappa shape index (κ1) is 16.2. The van der Waals surface area contributed by atoms with Gasteiger partial charge in [-0.25, -0.2) is 4.57 Å². The summed E-state index contributed by atoms with van der Waals surface area (Å²) in [6.45, 7) is 9.09. The molecule has 0 saturated heterocycles. The van der Waals surface area contributed by atoms with Gasteiger partial charge in [0.25, 0.3) is 0 Å². The maximum Gasteiger partial charge on any atom is 0.212 e. The Bertz CT molecular complexity index is 700. The van der Waals surface area contributed by atoms with Crippen LogP contribution in [-0.2, 0) is 12.5 Å². The second kappa shape index (κ2) is 6.11. The summed E-state index contributed by atoms with van der Waals surface area (Å²) in [5, 5.41) is 0. The molecular formula is C22H30N+. The predicted molar refractivity (Wildman–Crippen MR) is 97.7 cm³/mol. The Kier molecular flexibility index (Phi) is 4.31. The minimum absolute atomic E-state index is 0.181. The number of pyridine rings is 1. The fourth-order valence-electron chi connectivity index (χ4n) is 3.73. The highest BCUT2D eigenvalue weighted by atomic mass is 14.9. The minimum Gasteiger partial charge on any atom is -0.201 e. The largest absolute Gasteiger partial charge is 0.212 e. The molecule has 0 N–H and O–H groups in total. The Morgan fingerprint density at radius 1 is 1.00 bits per heavy atom. The van der Waals surface area contributed by atoms with E-state index in [2.05, 4.69) is 75.8 Å². The lowest BCUT2D eigenvalue weighted by atomic mass is 9.86. The lowest BCUT2D eigenvalue weighted by molar-refractivity contribution is -0.660. The van der Waals surface area contributed by atoms with Crippen LogP contribution in [0.15, 0.2) is 36.5 Å². The van der Waals surface area contributed by atoms with E-state index in [1.807, 2.05) is 0 Å². The van der Waals surface area contributed by atoms with E-state index in [1.54, 1.807) is 0 Å². The fourth-order valence-corrected chi connectivity index (χ4v) is 3.73. The number of nitrogens with zero attached hydrogens (tertiary/aromatic N) is 1. The molecule has 1 heterocycles. The van der Waals surface area contributed by atoms with Crippen molar-refractivity contribution in [2.45, 2.75) is 64.7 Å². The van der Waals surface area contributed by atoms with Gasteiger partial charge in [-0.2, -0.15) is 0 Å². The molecule has 1 aromatic carbocycles. The van der Waals surface area contributed by atoms with Crippen LogP contribution in [0.4, 0.5) is 0 Å². The number of rotatable bonds is 2. The summed E-state index contributed by atoms with van der Waals surface area (Å²) in [7, 11) is 2.16. The SMILES string of the molecule is Cc1ccc(C2CCCC2)cc1-c1cc(C(C)(C)C)cc[n+]1C. The van der Waals surface area contributed by atoms with Crippen molar-refractivity contribution in [1.29, 1.82) is 0 Å². The maximum absolute atomic E-state index is 2.45. The van der Waals surface area contributed by atoms with Crippen LogP contribution in [0.2, 0.25) is 0 Å². The molecule has 3 rings (SSSR count). The van der Waals surface area contributed by atoms with Crippen molar-refractivity contribution in [1.82, 2.24) is 0 Å². The second-order valence-corrected chi connectivity index (χ2v) is 8.22. The number of aryl methyl sites for hydroxylation is 2. The van der Waals surface area contributed by atoms with E-state index in [-0.39, 0.29) is 5.41 Å². The van der Waals surface area contributed by atoms with Gasteiger partial charge in [-0.15, -0.1) is 0 Å². The molecule has 1 fully saturated rings. The van der Waals surface area contributed by atoms with Crippen LogP contribution in [0.1, 0.15) is 69.1 Å². The molecule has 1 aliphatic carbocycles. The van der Waals surface area contributed by atoms with Crippen LogP contribution in [0.5, 0.6) is 0 Å². The Balaban J connectivity index is 2.08. The minimum atomic E-state index is 0.181. The maximum atomic E-state index is 2.45. The molecule has 0 aliphatic heterocycles. The third-order valence-electron chi connectivity index (χ3n) is 5.38. The third-order valence-corrected chi connectivity index (χ3v) is 5.38. The van der Waals surface area contributed by atoms with Crippen molar-refractivity contribution >= 4 is 0 Å². The molecule has 1 aromatic heterocycles. The molecule has 1 aliphatic rings. The molecule has 0 bridgehead atoms. The molecule has 0 spiro atoms. The van der Waals surface area contributed by atoms with Gasteiger partial charge in [0.05, 0.1) is 0 Å². The van der Waals surface area contributed by atoms with Crippen molar-refractivity contribution in [2.75, 3.05) is 0 Å². The van der Waals surface area contributed by atoms with Gasteiger partial charge >= 0.3 is 0 Å². The van der Waals surface area contributed by atoms with Crippen LogP contribution < -0.4 is 4.57 Å². The van der Waals surface area contributed by atoms with Gasteiger partial charge in [-0.1, -0.05) is 45.7 Å². The summed E-state index contributed by atoms with van der Waals surface area (Å²) in [5.41, 5.74) is 7.20. The Hall–Kier alpha value is -1.63. The molecule has 23 heavy (non-hydrogen) atoms. The summed E-state index contributed by atoms with van der Waals surface area (Å²) in [6, 6.07) is 11.7. The Labute approximate surface area is 141 Å². The number of hydrogen-bond donors (Lipinski definition) is 0. The van der Waals surface area contributed by atoms with Gasteiger partial charge in [-0.05, 0) is 53.9 Å². The molecule has 1 heteroatoms. The number of hydrogen-bond acceptors (Lipinski definition) is 0. The Morgan fingerprint density at radius 2 is 1.70 bits per heavy atom. The van der Waals surface area contributed by atoms with E-state index in [0.29, 0.717) is 0 Å². The quantitative estimate of drug-likeness (QED) is 0.650. The highest BCUT2D eigenvalue weighted by molar-refractivity contribution is 5.63. The van der Waals surface area contributed by atoms with E-state index in [4.69, 9.17) is 0 Å². The molecule has 2 aromatic rings. The second-order valence-electron chi connectivity index (χ2n) is 8.22. The van der Waals surface area contributed by atoms with E-state index in [9.17, 15) is 0 Å². The summed E-state index contributed by atoms with van der Waals surface area (Å²) >= 11 is 0. The van der Waals surface area contributed by atoms with Gasteiger partial charge in [0.15, 0.2) is 6.20 Å². The average Bonchev–Trinajstić information content (AvgIpc) is 3.01. The molecule has 122 valence electrons. The summed E-state index contributed by atoms with van der Waals surface area (Å²) in [6.07, 6.45) is 7.70. The third kappa shape index (κ3) is 3.34. The lowest BCUT2D eigenvalue weighted by Crippen LogP contribution is -2.32. The van der Waals surface area contributed by atoms with Gasteiger partial charge in [-0.3, -0.25) is 0 Å². The normalized spacial score (nSPS) is 16.0. The van der Waals surface area contributed by atoms with Crippen molar-refractivity contribution in [3.63, 3.8) is 0 Å². The molecule has 0 radical (unpaired) electrons. The van der Waals surface area contributed by atoms with Crippen molar-refractivity contribution in [3.05, 3.63) is 53.2 Å². The smallest absolute Gasteiger partial charge is 0.201 e. The standard InChI is InChI=1S/C22H30N/c1-16-10-11-18(17-8-6-7-9-17)14-20(16)21-15-19(22(2,3)4)12-13-23(21)5/h10-15,17H,6-9H2,1-5H3/q+1. The highest BCUT2D eigenvalue weighted by Gasteiger charge is 2.22. The van der Waals surface area contributed by atoms with Crippen LogP contribution in [0.25, 0.3) is 11.3 Å². The first-order valence-electron chi connectivity index (χ1n) is 8.97. The molecular weight excluding hydrogens is 278 g/mol. The molecule has 1 saturated carbocycles. The van der Waals surface area contributed by atoms with Gasteiger partial charge in [0.1, 0.15) is 7.05 Å². The molecule has 1 nitrogen and oxygen atoms in total. The van der Waals surface area contributed by atoms with E-state index in [1.165, 1.54) is 53.6 Å². The van der Waals surface area contributed by atoms with Crippen LogP contribution in [0, 0.1) is 6.92 Å². The number of benzene rings is 1. The van der Waals surface area contributed by atoms with Gasteiger partial charge in [0, 0.05) is 17.7 Å². The van der Waals surface area contributed by atoms with Gasteiger partial charge < -0.3 is 0 Å². The zero-order valence-electron chi connectivity index (χ0n) is 15.3. The monoisotopic (exact) mass is 308 g/mol. The molecule has 0 amide bonds. The number of aromatic nitrogens is 1. The fraction of sp³-hybridized carbons (Fsp3) is 0.500. The van der Waals surface area contributed by atoms with Crippen LogP contribution in [0.3, 0.4) is 0 Å². The van der Waals surface area contributed by atoms with Crippen molar-refractivity contribution in [3.8, 4) is 11.3 Å². The summed E-state index contributed by atoms with van der Waals surface area (Å²) in [4.78, 5) is 0. The van der Waals surface area contributed by atoms with Crippen molar-refractivity contribution < 1.29 is 4.57 Å². The summed E-state index contributed by atoms with van der Waals surface area (Å²) in [5.74, 6) is 0.769. The van der Waals surface area contributed by atoms with E-state index in [0.717, 1.165) is 5.92 Å². The predicted octanol–water partition coefficient (Wildman–Crippen LogP) is 5.44. The average molecular weight is 308 g/mol. The van der Waals surface area contributed by atoms with Gasteiger partial charge in [0.2, 0.25) is 5.69 Å². The van der Waals surface area contributed by atoms with Crippen LogP contribution >= 0.6 is 0 Å². The lowest BCUT2D eigenvalue weighted by Gasteiger charge is -2.19. The molecule has 0 atom stereocenters. The van der Waals surface area contributed by atoms with E-state index >= 15 is 0 Å². The highest BCUT2D eigenvalue weighted by Crippen LogP contribution is 2.36. The first-order chi connectivity index (χ1) is 10.9. The van der Waals surface area contributed by atoms with Crippen molar-refractivity contribution in [2.24, 2.45) is 7.05 Å². The molecule has 0 unspecified atom stereocenters. The Morgan fingerprint density at radius 3 is 2.35 bits per heavy atom.